The van der Waals surface area contributed by atoms with Gasteiger partial charge >= 0.3 is 0 Å². The first-order valence-corrected chi connectivity index (χ1v) is 15.2. The Balaban J connectivity index is 0.000000250. The van der Waals surface area contributed by atoms with Crippen molar-refractivity contribution >= 4 is 78.3 Å². The third-order valence-corrected chi connectivity index (χ3v) is 7.69. The monoisotopic (exact) mass is 768 g/mol. The zero-order valence-electron chi connectivity index (χ0n) is 25.8. The molecule has 248 valence electrons. The predicted molar refractivity (Wildman–Crippen MR) is 177 cm³/mol. The van der Waals surface area contributed by atoms with Gasteiger partial charge in [0, 0.05) is 8.95 Å². The number of benzene rings is 2. The van der Waals surface area contributed by atoms with Gasteiger partial charge in [-0.2, -0.15) is 21.0 Å². The molecule has 0 fully saturated rings. The number of ether oxygens (including phenoxy) is 2. The Labute approximate surface area is 281 Å². The quantitative estimate of drug-likeness (QED) is 0.204. The number of hydrazone groups is 2. The number of hydrogen-bond acceptors (Lipinski definition) is 14. The molecular formula is C28H34Br2N8O8. The fraction of sp³-hybridized carbons (Fsp3) is 0.357. The summed E-state index contributed by atoms with van der Waals surface area (Å²) in [6.45, 7) is 7.10. The average Bonchev–Trinajstić information content (AvgIpc) is 3.49. The summed E-state index contributed by atoms with van der Waals surface area (Å²) in [4.78, 5) is 35.3. The van der Waals surface area contributed by atoms with Gasteiger partial charge in [0.25, 0.3) is 11.8 Å². The maximum Gasteiger partial charge on any atom is 0.285 e. The number of rotatable bonds is 10. The molecule has 2 aliphatic rings. The molecular weight excluding hydrogens is 736 g/mol. The van der Waals surface area contributed by atoms with E-state index in [-0.39, 0.29) is 36.4 Å². The van der Waals surface area contributed by atoms with Gasteiger partial charge in [0.05, 0.1) is 36.0 Å². The lowest BCUT2D eigenvalue weighted by molar-refractivity contribution is -0.123. The molecule has 16 nitrogen and oxygen atoms in total. The molecule has 0 saturated heterocycles. The number of hydrogen-bond donors (Lipinski definition) is 4. The molecule has 0 radical (unpaired) electrons. The molecule has 0 bridgehead atoms. The van der Waals surface area contributed by atoms with Crippen LogP contribution in [-0.2, 0) is 28.7 Å². The van der Waals surface area contributed by atoms with E-state index in [1.165, 1.54) is 28.1 Å². The minimum Gasteiger partial charge on any atom is -0.478 e. The summed E-state index contributed by atoms with van der Waals surface area (Å²) in [7, 11) is 2.69. The molecule has 2 heterocycles. The van der Waals surface area contributed by atoms with E-state index in [4.69, 9.17) is 19.1 Å². The second kappa shape index (κ2) is 16.1. The van der Waals surface area contributed by atoms with Gasteiger partial charge in [-0.3, -0.25) is 9.59 Å². The Kier molecular flexibility index (Phi) is 12.8. The Morgan fingerprint density at radius 2 is 1.07 bits per heavy atom. The Morgan fingerprint density at radius 1 is 0.739 bits per heavy atom. The molecule has 0 spiro atoms. The van der Waals surface area contributed by atoms with Gasteiger partial charge in [-0.15, -0.1) is 10.2 Å². The van der Waals surface area contributed by atoms with Crippen molar-refractivity contribution in [2.24, 2.45) is 20.5 Å². The van der Waals surface area contributed by atoms with Crippen molar-refractivity contribution in [2.45, 2.75) is 38.8 Å². The minimum absolute atomic E-state index is 0.00582. The molecule has 4 rings (SSSR count). The van der Waals surface area contributed by atoms with Crippen LogP contribution in [0, 0.1) is 0 Å². The maximum absolute atomic E-state index is 12.9. The first-order valence-electron chi connectivity index (χ1n) is 13.6. The number of hydroxylamine groups is 2. The smallest absolute Gasteiger partial charge is 0.285 e. The Hall–Kier alpha value is -3.94. The summed E-state index contributed by atoms with van der Waals surface area (Å²) in [5, 5.41) is 37.6. The van der Waals surface area contributed by atoms with Crippen molar-refractivity contribution in [1.29, 1.82) is 0 Å². The average molecular weight is 770 g/mol. The Morgan fingerprint density at radius 3 is 1.33 bits per heavy atom. The molecule has 0 aliphatic carbocycles. The topological polar surface area (TPSA) is 191 Å². The maximum atomic E-state index is 12.9. The molecule has 0 saturated carbocycles. The summed E-state index contributed by atoms with van der Waals surface area (Å²) in [6, 6.07) is 14.0. The van der Waals surface area contributed by atoms with Crippen LogP contribution in [0.2, 0.25) is 0 Å². The van der Waals surface area contributed by atoms with Crippen molar-refractivity contribution in [3.05, 3.63) is 57.5 Å². The summed E-state index contributed by atoms with van der Waals surface area (Å²) < 4.78 is 12.6. The van der Waals surface area contributed by atoms with Crippen LogP contribution in [0.1, 0.15) is 27.7 Å². The van der Waals surface area contributed by atoms with Crippen LogP contribution in [0.4, 0.5) is 11.4 Å². The van der Waals surface area contributed by atoms with E-state index in [1.807, 2.05) is 11.0 Å². The van der Waals surface area contributed by atoms with E-state index >= 15 is 0 Å². The number of nitrogens with zero attached hydrogens (tertiary/aromatic N) is 6. The van der Waals surface area contributed by atoms with E-state index < -0.39 is 22.9 Å². The van der Waals surface area contributed by atoms with Gasteiger partial charge in [-0.1, -0.05) is 42.2 Å². The summed E-state index contributed by atoms with van der Waals surface area (Å²) in [5.41, 5.74) is 1.92. The lowest BCUT2D eigenvalue weighted by Crippen LogP contribution is -2.62. The predicted octanol–water partition coefficient (Wildman–Crippen LogP) is 3.77. The van der Waals surface area contributed by atoms with Crippen molar-refractivity contribution in [1.82, 2.24) is 11.0 Å². The van der Waals surface area contributed by atoms with E-state index in [0.29, 0.717) is 11.4 Å². The lowest BCUT2D eigenvalue weighted by Gasteiger charge is -2.25. The number of carbonyl (C=O) groups is 2. The van der Waals surface area contributed by atoms with Crippen molar-refractivity contribution in [3.63, 3.8) is 0 Å². The molecule has 0 aromatic heterocycles. The third-order valence-electron chi connectivity index (χ3n) is 6.63. The zero-order valence-corrected chi connectivity index (χ0v) is 29.0. The molecule has 18 heteroatoms. The highest BCUT2D eigenvalue weighted by Crippen LogP contribution is 2.31. The van der Waals surface area contributed by atoms with Crippen molar-refractivity contribution in [3.8, 4) is 0 Å². The van der Waals surface area contributed by atoms with E-state index in [2.05, 4.69) is 52.4 Å². The number of anilines is 2. The number of oxime groups is 2. The van der Waals surface area contributed by atoms with Crippen LogP contribution in [0.3, 0.4) is 0 Å². The fourth-order valence-electron chi connectivity index (χ4n) is 4.37. The normalized spacial score (nSPS) is 21.4. The van der Waals surface area contributed by atoms with Crippen LogP contribution < -0.4 is 21.0 Å². The minimum atomic E-state index is -1.72. The molecule has 4 N–H and O–H groups in total. The Bertz CT molecular complexity index is 1410. The second-order valence-corrected chi connectivity index (χ2v) is 11.1. The van der Waals surface area contributed by atoms with Crippen LogP contribution in [0.5, 0.6) is 0 Å². The number of carbonyl (C=O) groups excluding carboxylic acids is 2. The highest BCUT2D eigenvalue weighted by molar-refractivity contribution is 9.10. The van der Waals surface area contributed by atoms with Crippen LogP contribution in [0.25, 0.3) is 0 Å². The van der Waals surface area contributed by atoms with Crippen LogP contribution in [0.15, 0.2) is 78.0 Å². The van der Waals surface area contributed by atoms with Gasteiger partial charge in [0.2, 0.25) is 22.9 Å². The van der Waals surface area contributed by atoms with E-state index in [0.717, 1.165) is 19.0 Å². The second-order valence-electron chi connectivity index (χ2n) is 9.31. The molecule has 2 aromatic carbocycles. The van der Waals surface area contributed by atoms with Gasteiger partial charge in [-0.05, 0) is 76.2 Å². The summed E-state index contributed by atoms with van der Waals surface area (Å²) in [6.07, 6.45) is 0. The van der Waals surface area contributed by atoms with Gasteiger partial charge in [0.15, 0.2) is 0 Å². The van der Waals surface area contributed by atoms with Crippen LogP contribution >= 0.6 is 31.9 Å². The van der Waals surface area contributed by atoms with Gasteiger partial charge in [-0.25, -0.2) is 0 Å². The first kappa shape index (κ1) is 36.5. The zero-order chi connectivity index (χ0) is 34.1. The fourth-order valence-corrected chi connectivity index (χ4v) is 4.90. The van der Waals surface area contributed by atoms with Crippen LogP contribution in [-0.4, -0.2) is 84.0 Å². The number of nitrogens with one attached hydrogen (secondary N) is 2. The number of amides is 2. The molecule has 2 amide bonds. The molecule has 2 aliphatic heterocycles. The summed E-state index contributed by atoms with van der Waals surface area (Å²) >= 11 is 6.67. The van der Waals surface area contributed by atoms with Gasteiger partial charge in [0.1, 0.15) is 14.2 Å². The highest BCUT2D eigenvalue weighted by atomic mass is 79.9. The standard InChI is InChI=1S/2C14H17BrN4O4/c2*1-4-23-12-14(18-21,9(2)17-22-3)13(20)19(16-12)11-7-5-10(15)6-8-11/h2*5-8,18,21H,4H2,1-3H3. The molecule has 2 unspecified atom stereocenters. The van der Waals surface area contributed by atoms with E-state index in [1.54, 1.807) is 62.4 Å². The first-order chi connectivity index (χ1) is 22.0. The molecule has 46 heavy (non-hydrogen) atoms. The highest BCUT2D eigenvalue weighted by Gasteiger charge is 2.58. The number of halogens is 2. The third kappa shape index (κ3) is 6.91. The molecule has 2 aromatic rings. The van der Waals surface area contributed by atoms with Crippen molar-refractivity contribution in [2.75, 3.05) is 37.5 Å². The molecule has 2 atom stereocenters. The lowest BCUT2D eigenvalue weighted by atomic mass is 9.94. The van der Waals surface area contributed by atoms with E-state index in [9.17, 15) is 20.0 Å². The summed E-state index contributed by atoms with van der Waals surface area (Å²) in [5.74, 6) is -1.12. The van der Waals surface area contributed by atoms with Gasteiger partial charge < -0.3 is 29.6 Å². The SMILES string of the molecule is CCOC1=NN(c2ccc(Br)cc2)C(=O)C1(NO)C(C)=NOC.CCOC1=NN(c2ccc(Br)cc2)C(=O)C1(NO)C(C)=NOC. The van der Waals surface area contributed by atoms with Crippen molar-refractivity contribution < 1.29 is 39.2 Å². The largest absolute Gasteiger partial charge is 0.478 e.